The summed E-state index contributed by atoms with van der Waals surface area (Å²) in [4.78, 5) is 17.3. The topological polar surface area (TPSA) is 44.8 Å². The molecule has 5 aliphatic rings. The van der Waals surface area contributed by atoms with Gasteiger partial charge in [0.1, 0.15) is 0 Å². The molecule has 24 heavy (non-hydrogen) atoms. The van der Waals surface area contributed by atoms with Crippen LogP contribution in [0.2, 0.25) is 0 Å². The Morgan fingerprint density at radius 3 is 2.04 bits per heavy atom. The Kier molecular flexibility index (Phi) is 4.28. The number of nitrogens with zero attached hydrogens (tertiary/aromatic N) is 2. The maximum atomic E-state index is 12.8. The second-order valence-corrected chi connectivity index (χ2v) is 8.94. The van der Waals surface area contributed by atoms with Crippen molar-refractivity contribution in [1.29, 1.82) is 0 Å². The largest absolute Gasteiger partial charge is 0.378 e. The van der Waals surface area contributed by atoms with Gasteiger partial charge in [-0.05, 0) is 49.9 Å². The lowest BCUT2D eigenvalue weighted by molar-refractivity contribution is -0.0744. The number of piperazine rings is 1. The standard InChI is InChI=1S/C19H33N3O2/c1-15(2)18-3-6-19(7-4-18,8-5-18)20-17(23)22-11-9-21(10-12-22)16-13-24-14-16/h15-16H,3-14H2,1-2H3,(H,20,23). The molecule has 5 nitrogen and oxygen atoms in total. The van der Waals surface area contributed by atoms with Gasteiger partial charge in [0.2, 0.25) is 0 Å². The zero-order chi connectivity index (χ0) is 16.8. The van der Waals surface area contributed by atoms with E-state index in [1.165, 1.54) is 38.5 Å². The van der Waals surface area contributed by atoms with Gasteiger partial charge in [-0.2, -0.15) is 0 Å². The Morgan fingerprint density at radius 1 is 1.00 bits per heavy atom. The minimum atomic E-state index is 0.0900. The fourth-order valence-electron chi connectivity index (χ4n) is 5.30. The summed E-state index contributed by atoms with van der Waals surface area (Å²) in [5.74, 6) is 0.773. The van der Waals surface area contributed by atoms with Gasteiger partial charge >= 0.3 is 6.03 Å². The van der Waals surface area contributed by atoms with E-state index < -0.39 is 0 Å². The van der Waals surface area contributed by atoms with Crippen LogP contribution in [0.3, 0.4) is 0 Å². The molecule has 0 aromatic carbocycles. The average Bonchev–Trinajstić information content (AvgIpc) is 2.55. The van der Waals surface area contributed by atoms with E-state index in [1.54, 1.807) is 0 Å². The third-order valence-corrected chi connectivity index (χ3v) is 7.64. The molecule has 5 heteroatoms. The first kappa shape index (κ1) is 16.6. The maximum absolute atomic E-state index is 12.8. The van der Waals surface area contributed by atoms with Gasteiger partial charge < -0.3 is 15.0 Å². The van der Waals surface area contributed by atoms with Crippen molar-refractivity contribution in [2.45, 2.75) is 64.0 Å². The van der Waals surface area contributed by atoms with Crippen molar-refractivity contribution in [1.82, 2.24) is 15.1 Å². The summed E-state index contributed by atoms with van der Waals surface area (Å²) in [6, 6.07) is 0.771. The van der Waals surface area contributed by atoms with Crippen LogP contribution in [0.1, 0.15) is 52.4 Å². The molecule has 0 unspecified atom stereocenters. The van der Waals surface area contributed by atoms with Gasteiger partial charge in [0.05, 0.1) is 19.3 Å². The number of nitrogens with one attached hydrogen (secondary N) is 1. The van der Waals surface area contributed by atoms with Gasteiger partial charge in [0, 0.05) is 31.7 Å². The molecule has 0 spiro atoms. The highest BCUT2D eigenvalue weighted by Gasteiger charge is 2.50. The third-order valence-electron chi connectivity index (χ3n) is 7.64. The number of rotatable bonds is 3. The van der Waals surface area contributed by atoms with E-state index in [4.69, 9.17) is 4.74 Å². The van der Waals surface area contributed by atoms with Gasteiger partial charge in [-0.3, -0.25) is 4.90 Å². The van der Waals surface area contributed by atoms with Crippen LogP contribution in [0.25, 0.3) is 0 Å². The predicted octanol–water partition coefficient (Wildman–Crippen LogP) is 2.46. The lowest BCUT2D eigenvalue weighted by atomic mass is 9.53. The molecular formula is C19H33N3O2. The quantitative estimate of drug-likeness (QED) is 0.862. The lowest BCUT2D eigenvalue weighted by Crippen LogP contribution is -2.63. The highest BCUT2D eigenvalue weighted by atomic mass is 16.5. The number of fused-ring (bicyclic) bond motifs is 3. The molecule has 2 heterocycles. The van der Waals surface area contributed by atoms with Crippen molar-refractivity contribution in [3.8, 4) is 0 Å². The molecule has 5 fully saturated rings. The average molecular weight is 335 g/mol. The normalized spacial score (nSPS) is 37.5. The van der Waals surface area contributed by atoms with E-state index in [0.717, 1.165) is 45.3 Å². The van der Waals surface area contributed by atoms with Crippen LogP contribution < -0.4 is 5.32 Å². The summed E-state index contributed by atoms with van der Waals surface area (Å²) >= 11 is 0. The molecule has 0 aromatic heterocycles. The van der Waals surface area contributed by atoms with E-state index in [2.05, 4.69) is 24.1 Å². The second-order valence-electron chi connectivity index (χ2n) is 8.94. The van der Waals surface area contributed by atoms with E-state index in [-0.39, 0.29) is 11.6 Å². The molecule has 136 valence electrons. The van der Waals surface area contributed by atoms with Gasteiger partial charge in [-0.1, -0.05) is 13.8 Å². The van der Waals surface area contributed by atoms with Gasteiger partial charge in [-0.25, -0.2) is 4.79 Å². The zero-order valence-corrected chi connectivity index (χ0v) is 15.4. The Bertz CT molecular complexity index is 456. The second kappa shape index (κ2) is 6.17. The highest BCUT2D eigenvalue weighted by molar-refractivity contribution is 5.75. The lowest BCUT2D eigenvalue weighted by Gasteiger charge is -2.56. The first-order chi connectivity index (χ1) is 11.5. The van der Waals surface area contributed by atoms with Crippen LogP contribution in [-0.4, -0.2) is 66.8 Å². The maximum Gasteiger partial charge on any atom is 0.317 e. The SMILES string of the molecule is CC(C)C12CCC(NC(=O)N3CCN(C4COC4)CC3)(CC1)CC2. The van der Waals surface area contributed by atoms with Crippen molar-refractivity contribution >= 4 is 6.03 Å². The van der Waals surface area contributed by atoms with E-state index in [1.807, 2.05) is 4.90 Å². The predicted molar refractivity (Wildman–Crippen MR) is 94.0 cm³/mol. The van der Waals surface area contributed by atoms with Gasteiger partial charge in [-0.15, -0.1) is 0 Å². The zero-order valence-electron chi connectivity index (χ0n) is 15.4. The number of ether oxygens (including phenoxy) is 1. The third kappa shape index (κ3) is 2.84. The molecule has 0 radical (unpaired) electrons. The fraction of sp³-hybridized carbons (Fsp3) is 0.947. The van der Waals surface area contributed by atoms with Crippen molar-refractivity contribution in [2.75, 3.05) is 39.4 Å². The van der Waals surface area contributed by atoms with Crippen LogP contribution >= 0.6 is 0 Å². The number of hydrogen-bond acceptors (Lipinski definition) is 3. The summed E-state index contributed by atoms with van der Waals surface area (Å²) < 4.78 is 5.29. The van der Waals surface area contributed by atoms with Crippen LogP contribution in [0.4, 0.5) is 4.79 Å². The smallest absolute Gasteiger partial charge is 0.317 e. The number of amides is 2. The minimum absolute atomic E-state index is 0.0900. The number of carbonyl (C=O) groups excluding carboxylic acids is 1. The summed E-state index contributed by atoms with van der Waals surface area (Å²) in [6.45, 7) is 10.2. The first-order valence-electron chi connectivity index (χ1n) is 9.91. The van der Waals surface area contributed by atoms with Crippen molar-refractivity contribution in [3.63, 3.8) is 0 Å². The highest BCUT2D eigenvalue weighted by Crippen LogP contribution is 2.55. The molecule has 2 saturated heterocycles. The van der Waals surface area contributed by atoms with Crippen LogP contribution in [-0.2, 0) is 4.74 Å². The first-order valence-corrected chi connectivity index (χ1v) is 9.91. The molecular weight excluding hydrogens is 302 g/mol. The molecule has 3 saturated carbocycles. The Hall–Kier alpha value is -0.810. The summed E-state index contributed by atoms with van der Waals surface area (Å²) in [5, 5.41) is 3.46. The van der Waals surface area contributed by atoms with Crippen LogP contribution in [0, 0.1) is 11.3 Å². The van der Waals surface area contributed by atoms with Crippen molar-refractivity contribution in [2.24, 2.45) is 11.3 Å². The molecule has 1 N–H and O–H groups in total. The molecule has 2 amide bonds. The molecule has 0 atom stereocenters. The van der Waals surface area contributed by atoms with Gasteiger partial charge in [0.15, 0.2) is 0 Å². The minimum Gasteiger partial charge on any atom is -0.378 e. The Labute approximate surface area is 146 Å². The molecule has 0 aromatic rings. The summed E-state index contributed by atoms with van der Waals surface area (Å²) in [6.07, 6.45) is 7.41. The van der Waals surface area contributed by atoms with E-state index >= 15 is 0 Å². The molecule has 2 aliphatic heterocycles. The Balaban J connectivity index is 1.29. The Morgan fingerprint density at radius 2 is 1.58 bits per heavy atom. The molecule has 5 rings (SSSR count). The molecule has 3 aliphatic carbocycles. The number of carbonyl (C=O) groups is 1. The monoisotopic (exact) mass is 335 g/mol. The molecule has 2 bridgehead atoms. The van der Waals surface area contributed by atoms with Crippen LogP contribution in [0.15, 0.2) is 0 Å². The van der Waals surface area contributed by atoms with E-state index in [9.17, 15) is 4.79 Å². The fourth-order valence-corrected chi connectivity index (χ4v) is 5.30. The number of urea groups is 1. The van der Waals surface area contributed by atoms with Crippen LogP contribution in [0.5, 0.6) is 0 Å². The van der Waals surface area contributed by atoms with E-state index in [0.29, 0.717) is 11.5 Å². The van der Waals surface area contributed by atoms with Gasteiger partial charge in [0.25, 0.3) is 0 Å². The van der Waals surface area contributed by atoms with Crippen molar-refractivity contribution in [3.05, 3.63) is 0 Å². The van der Waals surface area contributed by atoms with Crippen molar-refractivity contribution < 1.29 is 9.53 Å². The number of hydrogen-bond donors (Lipinski definition) is 1. The summed E-state index contributed by atoms with van der Waals surface area (Å²) in [5.41, 5.74) is 0.648. The summed E-state index contributed by atoms with van der Waals surface area (Å²) in [7, 11) is 0.